The lowest BCUT2D eigenvalue weighted by Crippen LogP contribution is -2.14. The van der Waals surface area contributed by atoms with Crippen LogP contribution in [0.25, 0.3) is 208 Å². The zero-order valence-electron chi connectivity index (χ0n) is 64.1. The predicted molar refractivity (Wildman–Crippen MR) is 487 cm³/mol. The molecule has 6 nitrogen and oxygen atoms in total. The van der Waals surface area contributed by atoms with Crippen molar-refractivity contribution in [2.75, 3.05) is 0 Å². The molecule has 546 valence electrons. The topological polar surface area (TPSA) is 77.3 Å². The van der Waals surface area contributed by atoms with Gasteiger partial charge in [0.25, 0.3) is 0 Å². The maximum atomic E-state index is 5.36. The molecule has 0 spiro atoms. The van der Waals surface area contributed by atoms with E-state index in [9.17, 15) is 0 Å². The Morgan fingerprint density at radius 2 is 0.552 bits per heavy atom. The highest BCUT2D eigenvalue weighted by atomic mass is 32.1. The van der Waals surface area contributed by atoms with E-state index in [1.54, 1.807) is 0 Å². The van der Waals surface area contributed by atoms with Crippen molar-refractivity contribution in [3.63, 3.8) is 0 Å². The van der Waals surface area contributed by atoms with Gasteiger partial charge in [0.15, 0.2) is 11.6 Å². The normalized spacial score (nSPS) is 13.0. The average Bonchev–Trinajstić information content (AvgIpc) is 1.59. The molecule has 6 aromatic heterocycles. The van der Waals surface area contributed by atoms with Gasteiger partial charge in [0.1, 0.15) is 0 Å². The van der Waals surface area contributed by atoms with Gasteiger partial charge in [0, 0.05) is 97.1 Å². The van der Waals surface area contributed by atoms with Crippen molar-refractivity contribution in [3.8, 4) is 135 Å². The summed E-state index contributed by atoms with van der Waals surface area (Å²) >= 11 is 3.66. The first-order valence-electron chi connectivity index (χ1n) is 39.6. The van der Waals surface area contributed by atoms with Crippen molar-refractivity contribution < 1.29 is 0 Å². The number of hydrogen-bond acceptors (Lipinski definition) is 8. The molecule has 21 aromatic rings. The Kier molecular flexibility index (Phi) is 16.2. The summed E-state index contributed by atoms with van der Waals surface area (Å²) in [6, 6.07) is 130. The number of benzene rings is 15. The monoisotopic (exact) mass is 1520 g/mol. The molecule has 0 amide bonds. The van der Waals surface area contributed by atoms with Crippen LogP contribution in [-0.4, -0.2) is 29.9 Å². The van der Waals surface area contributed by atoms with Crippen LogP contribution in [0.15, 0.2) is 364 Å². The van der Waals surface area contributed by atoms with Gasteiger partial charge in [-0.05, 0) is 138 Å². The fourth-order valence-corrected chi connectivity index (χ4v) is 20.6. The van der Waals surface area contributed by atoms with Crippen LogP contribution >= 0.6 is 22.7 Å². The molecule has 6 heterocycles. The summed E-state index contributed by atoms with van der Waals surface area (Å²) < 4.78 is 5.00. The molecule has 0 N–H and O–H groups in total. The fourth-order valence-electron chi connectivity index (χ4n) is 18.2. The number of thiophene rings is 2. The molecule has 0 saturated carbocycles. The molecular weight excluding hydrogens is 1450 g/mol. The van der Waals surface area contributed by atoms with E-state index >= 15 is 0 Å². The van der Waals surface area contributed by atoms with Gasteiger partial charge >= 0.3 is 0 Å². The van der Waals surface area contributed by atoms with Crippen molar-refractivity contribution >= 4 is 95.6 Å². The van der Waals surface area contributed by atoms with Crippen LogP contribution < -0.4 is 0 Å². The Morgan fingerprint density at radius 1 is 0.207 bits per heavy atom. The first-order chi connectivity index (χ1) is 57.0. The maximum Gasteiger partial charge on any atom is 0.160 e. The number of aromatic nitrogens is 6. The summed E-state index contributed by atoms with van der Waals surface area (Å²) in [5, 5.41) is 9.91. The van der Waals surface area contributed by atoms with E-state index in [1.807, 2.05) is 59.1 Å². The summed E-state index contributed by atoms with van der Waals surface area (Å²) in [5.74, 6) is 1.43. The van der Waals surface area contributed by atoms with Crippen LogP contribution in [0, 0.1) is 0 Å². The summed E-state index contributed by atoms with van der Waals surface area (Å²) in [6.07, 6.45) is 0. The number of rotatable bonds is 10. The van der Waals surface area contributed by atoms with Gasteiger partial charge in [-0.15, -0.1) is 22.7 Å². The van der Waals surface area contributed by atoms with Crippen LogP contribution in [0.4, 0.5) is 0 Å². The molecule has 0 saturated heterocycles. The van der Waals surface area contributed by atoms with Gasteiger partial charge in [0.2, 0.25) is 0 Å². The quantitative estimate of drug-likeness (QED) is 0.136. The molecule has 0 bridgehead atoms. The molecular formula is C108H72N6S2. The number of nitrogens with zero attached hydrogens (tertiary/aromatic N) is 6. The van der Waals surface area contributed by atoms with Crippen LogP contribution in [0.5, 0.6) is 0 Å². The third kappa shape index (κ3) is 11.5. The molecule has 116 heavy (non-hydrogen) atoms. The Hall–Kier alpha value is -14.0. The highest BCUT2D eigenvalue weighted by Crippen LogP contribution is 2.53. The maximum absolute atomic E-state index is 5.36. The van der Waals surface area contributed by atoms with E-state index in [0.717, 1.165) is 106 Å². The molecule has 0 radical (unpaired) electrons. The second-order valence-electron chi connectivity index (χ2n) is 31.5. The lowest BCUT2D eigenvalue weighted by molar-refractivity contribution is 0.660. The molecule has 0 fully saturated rings. The SMILES string of the molecule is CC1(C)c2ccccc2-c2ccc(-c3cc(-c4ccc(-c5ccc(-c6nc7ccccc7c7c6sc6ccccc67)c6ccccc56)cc4)nc(-c4ccccc4)n3)cc21.CC1(C)c2ccccc2-c2ccc(-c3cc(-c4cccc(-c5cccc(-c6nc7ccccc7c7c6sc6ccccc67)c5)c4)nc(-c4ccccc4)n3)cc21. The number of fused-ring (bicyclic) bond motifs is 17. The van der Waals surface area contributed by atoms with Crippen LogP contribution in [0.3, 0.4) is 0 Å². The highest BCUT2D eigenvalue weighted by Gasteiger charge is 2.37. The van der Waals surface area contributed by atoms with Crippen molar-refractivity contribution in [2.24, 2.45) is 0 Å². The minimum absolute atomic E-state index is 0.102. The molecule has 15 aromatic carbocycles. The van der Waals surface area contributed by atoms with E-state index in [4.69, 9.17) is 29.9 Å². The van der Waals surface area contributed by atoms with Crippen molar-refractivity contribution in [1.82, 2.24) is 29.9 Å². The Balaban J connectivity index is 0.000000141. The first kappa shape index (κ1) is 68.8. The Bertz CT molecular complexity index is 7580. The van der Waals surface area contributed by atoms with Crippen LogP contribution in [-0.2, 0) is 10.8 Å². The molecule has 0 atom stereocenters. The largest absolute Gasteiger partial charge is 0.246 e. The fraction of sp³-hybridized carbons (Fsp3) is 0.0556. The second-order valence-corrected chi connectivity index (χ2v) is 33.6. The van der Waals surface area contributed by atoms with Gasteiger partial charge in [-0.2, -0.15) is 0 Å². The van der Waals surface area contributed by atoms with Gasteiger partial charge in [-0.25, -0.2) is 29.9 Å². The van der Waals surface area contributed by atoms with E-state index in [-0.39, 0.29) is 10.8 Å². The van der Waals surface area contributed by atoms with Crippen LogP contribution in [0.1, 0.15) is 49.9 Å². The third-order valence-electron chi connectivity index (χ3n) is 24.0. The summed E-state index contributed by atoms with van der Waals surface area (Å²) in [7, 11) is 0. The molecule has 0 aliphatic heterocycles. The standard InChI is InChI=1S/C56H37N3S.C52H35N3S/c1-56(2)46-21-11-8-18-41(46)42-29-28-37(32-47(42)56)50-33-49(58-55(59-50)36-14-4-3-5-15-36)35-26-24-34(25-27-35)38-30-31-43(40-17-7-6-16-39(38)40)53-54-52(44-19-9-12-22-48(44)57-53)45-20-10-13-23-51(45)60-54;1-52(2)42-23-9-6-20-38(42)39-27-26-36(30-43(39)52)46-31-45(54-51(55-46)32-14-4-3-5-15-32)35-18-12-16-33(28-35)34-17-13-19-37(29-34)49-50-48(40-21-7-10-24-44(40)53-49)41-22-8-11-25-47(41)56-50/h3-33H,1-2H3;3-31H,1-2H3. The highest BCUT2D eigenvalue weighted by molar-refractivity contribution is 7.27. The van der Waals surface area contributed by atoms with Gasteiger partial charge < -0.3 is 0 Å². The third-order valence-corrected chi connectivity index (χ3v) is 26.4. The van der Waals surface area contributed by atoms with E-state index in [1.165, 1.54) is 112 Å². The Labute approximate surface area is 680 Å². The summed E-state index contributed by atoms with van der Waals surface area (Å²) in [5.41, 5.74) is 31.2. The molecule has 2 aliphatic rings. The second kappa shape index (κ2) is 27.4. The van der Waals surface area contributed by atoms with Crippen molar-refractivity contribution in [3.05, 3.63) is 386 Å². The van der Waals surface area contributed by atoms with Gasteiger partial charge in [-0.1, -0.05) is 331 Å². The van der Waals surface area contributed by atoms with E-state index in [2.05, 4.69) is 355 Å². The van der Waals surface area contributed by atoms with E-state index < -0.39 is 0 Å². The zero-order chi connectivity index (χ0) is 77.3. The Morgan fingerprint density at radius 3 is 1.08 bits per heavy atom. The van der Waals surface area contributed by atoms with Crippen LogP contribution in [0.2, 0.25) is 0 Å². The summed E-state index contributed by atoms with van der Waals surface area (Å²) in [4.78, 5) is 31.4. The van der Waals surface area contributed by atoms with Gasteiger partial charge in [-0.3, -0.25) is 0 Å². The lowest BCUT2D eigenvalue weighted by Gasteiger charge is -2.22. The minimum Gasteiger partial charge on any atom is -0.246 e. The average molecular weight is 1520 g/mol. The number of hydrogen-bond donors (Lipinski definition) is 0. The number of pyridine rings is 2. The molecule has 8 heteroatoms. The smallest absolute Gasteiger partial charge is 0.160 e. The molecule has 23 rings (SSSR count). The zero-order valence-corrected chi connectivity index (χ0v) is 65.8. The van der Waals surface area contributed by atoms with Crippen molar-refractivity contribution in [1.29, 1.82) is 0 Å². The van der Waals surface area contributed by atoms with Crippen molar-refractivity contribution in [2.45, 2.75) is 38.5 Å². The molecule has 2 aliphatic carbocycles. The van der Waals surface area contributed by atoms with Gasteiger partial charge in [0.05, 0.1) is 54.6 Å². The minimum atomic E-state index is -0.103. The summed E-state index contributed by atoms with van der Waals surface area (Å²) in [6.45, 7) is 9.30. The number of para-hydroxylation sites is 2. The molecule has 0 unspecified atom stereocenters. The first-order valence-corrected chi connectivity index (χ1v) is 41.3. The van der Waals surface area contributed by atoms with E-state index in [0.29, 0.717) is 11.6 Å². The lowest BCUT2D eigenvalue weighted by atomic mass is 9.82. The predicted octanol–water partition coefficient (Wildman–Crippen LogP) is 29.2.